The third kappa shape index (κ3) is 2.16. The fourth-order valence-electron chi connectivity index (χ4n) is 2.91. The van der Waals surface area contributed by atoms with Gasteiger partial charge in [0, 0.05) is 17.3 Å². The second-order valence-corrected chi connectivity index (χ2v) is 6.09. The van der Waals surface area contributed by atoms with E-state index in [0.29, 0.717) is 0 Å². The van der Waals surface area contributed by atoms with Crippen LogP contribution in [0.2, 0.25) is 0 Å². The van der Waals surface area contributed by atoms with Crippen LogP contribution >= 0.6 is 0 Å². The maximum atomic E-state index is 13.0. The highest BCUT2D eigenvalue weighted by Gasteiger charge is 2.33. The van der Waals surface area contributed by atoms with E-state index in [-0.39, 0.29) is 17.3 Å². The zero-order chi connectivity index (χ0) is 13.6. The molecule has 2 aromatic rings. The molecule has 1 heterocycles. The van der Waals surface area contributed by atoms with Crippen molar-refractivity contribution in [2.24, 2.45) is 11.1 Å². The van der Waals surface area contributed by atoms with E-state index in [2.05, 4.69) is 18.9 Å². The minimum atomic E-state index is -0.234. The van der Waals surface area contributed by atoms with Crippen molar-refractivity contribution in [3.05, 3.63) is 47.5 Å². The Kier molecular flexibility index (Phi) is 2.71. The molecule has 0 saturated carbocycles. The topological polar surface area (TPSA) is 43.8 Å². The number of aromatic nitrogens is 2. The van der Waals surface area contributed by atoms with E-state index in [1.165, 1.54) is 12.1 Å². The third-order valence-electron chi connectivity index (χ3n) is 3.79. The molecule has 0 aliphatic heterocycles. The Morgan fingerprint density at radius 1 is 1.32 bits per heavy atom. The van der Waals surface area contributed by atoms with Crippen LogP contribution in [-0.2, 0) is 6.42 Å². The molecule has 0 amide bonds. The van der Waals surface area contributed by atoms with Gasteiger partial charge in [0.2, 0.25) is 0 Å². The van der Waals surface area contributed by atoms with Crippen LogP contribution in [-0.4, -0.2) is 9.78 Å². The van der Waals surface area contributed by atoms with Gasteiger partial charge in [-0.3, -0.25) is 0 Å². The fraction of sp³-hybridized carbons (Fsp3) is 0.400. The predicted octanol–water partition coefficient (Wildman–Crippen LogP) is 2.98. The molecule has 3 nitrogen and oxygen atoms in total. The van der Waals surface area contributed by atoms with Gasteiger partial charge in [0.25, 0.3) is 0 Å². The number of hydrogen-bond acceptors (Lipinski definition) is 2. The molecule has 19 heavy (non-hydrogen) atoms. The predicted molar refractivity (Wildman–Crippen MR) is 72.6 cm³/mol. The maximum Gasteiger partial charge on any atom is 0.123 e. The monoisotopic (exact) mass is 259 g/mol. The van der Waals surface area contributed by atoms with Gasteiger partial charge >= 0.3 is 0 Å². The molecular formula is C15H18FN3. The average Bonchev–Trinajstić information content (AvgIpc) is 2.72. The number of benzene rings is 1. The second kappa shape index (κ2) is 4.17. The maximum absolute atomic E-state index is 13.0. The van der Waals surface area contributed by atoms with Crippen molar-refractivity contribution >= 4 is 0 Å². The Balaban J connectivity index is 2.08. The number of hydrogen-bond donors (Lipinski definition) is 1. The zero-order valence-electron chi connectivity index (χ0n) is 11.2. The molecule has 1 aliphatic carbocycles. The number of nitrogens with zero attached hydrogens (tertiary/aromatic N) is 2. The van der Waals surface area contributed by atoms with Crippen LogP contribution in [0.1, 0.15) is 37.6 Å². The summed E-state index contributed by atoms with van der Waals surface area (Å²) in [5.41, 5.74) is 9.54. The first kappa shape index (κ1) is 12.4. The van der Waals surface area contributed by atoms with Gasteiger partial charge in [-0.25, -0.2) is 9.07 Å². The van der Waals surface area contributed by atoms with Gasteiger partial charge in [0.1, 0.15) is 5.82 Å². The van der Waals surface area contributed by atoms with Gasteiger partial charge in [-0.2, -0.15) is 5.10 Å². The van der Waals surface area contributed by atoms with Gasteiger partial charge in [-0.15, -0.1) is 0 Å². The Morgan fingerprint density at radius 3 is 2.68 bits per heavy atom. The lowest BCUT2D eigenvalue weighted by Crippen LogP contribution is -2.30. The summed E-state index contributed by atoms with van der Waals surface area (Å²) in [4.78, 5) is 0. The Bertz CT molecular complexity index is 598. The first-order chi connectivity index (χ1) is 8.96. The molecule has 0 bridgehead atoms. The van der Waals surface area contributed by atoms with Crippen molar-refractivity contribution in [1.82, 2.24) is 9.78 Å². The molecule has 2 N–H and O–H groups in total. The summed E-state index contributed by atoms with van der Waals surface area (Å²) in [6.07, 6.45) is 3.75. The lowest BCUT2D eigenvalue weighted by Gasteiger charge is -2.33. The highest BCUT2D eigenvalue weighted by atomic mass is 19.1. The smallest absolute Gasteiger partial charge is 0.123 e. The van der Waals surface area contributed by atoms with E-state index in [4.69, 9.17) is 5.73 Å². The van der Waals surface area contributed by atoms with Crippen LogP contribution in [0.25, 0.3) is 5.69 Å². The Labute approximate surface area is 112 Å². The van der Waals surface area contributed by atoms with Crippen LogP contribution in [0.3, 0.4) is 0 Å². The molecule has 1 aromatic heterocycles. The molecule has 1 aromatic carbocycles. The SMILES string of the molecule is CC1(C)Cc2c(cnn2-c2ccc(F)cc2)[C@H](N)C1. The average molecular weight is 259 g/mol. The van der Waals surface area contributed by atoms with Crippen molar-refractivity contribution in [3.63, 3.8) is 0 Å². The second-order valence-electron chi connectivity index (χ2n) is 6.09. The largest absolute Gasteiger partial charge is 0.324 e. The first-order valence-corrected chi connectivity index (χ1v) is 6.55. The number of halogens is 1. The van der Waals surface area contributed by atoms with E-state index < -0.39 is 0 Å². The summed E-state index contributed by atoms with van der Waals surface area (Å²) < 4.78 is 14.9. The van der Waals surface area contributed by atoms with Crippen molar-refractivity contribution in [1.29, 1.82) is 0 Å². The molecule has 4 heteroatoms. The van der Waals surface area contributed by atoms with Crippen molar-refractivity contribution in [3.8, 4) is 5.69 Å². The molecule has 1 atom stereocenters. The molecule has 3 rings (SSSR count). The summed E-state index contributed by atoms with van der Waals surface area (Å²) in [5.74, 6) is -0.234. The summed E-state index contributed by atoms with van der Waals surface area (Å²) in [7, 11) is 0. The summed E-state index contributed by atoms with van der Waals surface area (Å²) in [6.45, 7) is 4.44. The van der Waals surface area contributed by atoms with Crippen molar-refractivity contribution in [2.45, 2.75) is 32.7 Å². The van der Waals surface area contributed by atoms with Crippen molar-refractivity contribution in [2.75, 3.05) is 0 Å². The standard InChI is InChI=1S/C15H18FN3/c1-15(2)7-13(17)12-9-18-19(14(12)8-15)11-5-3-10(16)4-6-11/h3-6,9,13H,7-8,17H2,1-2H3/t13-/m1/s1. The molecular weight excluding hydrogens is 241 g/mol. The third-order valence-corrected chi connectivity index (χ3v) is 3.79. The lowest BCUT2D eigenvalue weighted by atomic mass is 9.74. The highest BCUT2D eigenvalue weighted by Crippen LogP contribution is 2.40. The van der Waals surface area contributed by atoms with E-state index in [0.717, 1.165) is 29.8 Å². The van der Waals surface area contributed by atoms with Crippen LogP contribution in [0, 0.1) is 11.2 Å². The van der Waals surface area contributed by atoms with Gasteiger partial charge < -0.3 is 5.73 Å². The minimum absolute atomic E-state index is 0.0351. The zero-order valence-corrected chi connectivity index (χ0v) is 11.2. The molecule has 1 aliphatic rings. The number of fused-ring (bicyclic) bond motifs is 1. The van der Waals surface area contributed by atoms with Gasteiger partial charge in [-0.05, 0) is 42.5 Å². The van der Waals surface area contributed by atoms with Gasteiger partial charge in [0.05, 0.1) is 11.9 Å². The van der Waals surface area contributed by atoms with E-state index in [1.807, 2.05) is 10.9 Å². The summed E-state index contributed by atoms with van der Waals surface area (Å²) in [5, 5.41) is 4.43. The first-order valence-electron chi connectivity index (χ1n) is 6.55. The van der Waals surface area contributed by atoms with Gasteiger partial charge in [-0.1, -0.05) is 13.8 Å². The Hall–Kier alpha value is -1.68. The molecule has 0 radical (unpaired) electrons. The summed E-state index contributed by atoms with van der Waals surface area (Å²) >= 11 is 0. The fourth-order valence-corrected chi connectivity index (χ4v) is 2.91. The lowest BCUT2D eigenvalue weighted by molar-refractivity contribution is 0.278. The highest BCUT2D eigenvalue weighted by molar-refractivity contribution is 5.37. The van der Waals surface area contributed by atoms with Crippen LogP contribution in [0.5, 0.6) is 0 Å². The van der Waals surface area contributed by atoms with E-state index in [9.17, 15) is 4.39 Å². The minimum Gasteiger partial charge on any atom is -0.324 e. The van der Waals surface area contributed by atoms with Crippen LogP contribution in [0.4, 0.5) is 4.39 Å². The number of nitrogens with two attached hydrogens (primary N) is 1. The van der Waals surface area contributed by atoms with Crippen molar-refractivity contribution < 1.29 is 4.39 Å². The quantitative estimate of drug-likeness (QED) is 0.855. The summed E-state index contributed by atoms with van der Waals surface area (Å²) in [6, 6.07) is 6.44. The molecule has 0 fully saturated rings. The van der Waals surface area contributed by atoms with Crippen LogP contribution in [0.15, 0.2) is 30.5 Å². The van der Waals surface area contributed by atoms with Crippen LogP contribution < -0.4 is 5.73 Å². The van der Waals surface area contributed by atoms with E-state index >= 15 is 0 Å². The van der Waals surface area contributed by atoms with E-state index in [1.54, 1.807) is 12.1 Å². The Morgan fingerprint density at radius 2 is 2.00 bits per heavy atom. The molecule has 0 spiro atoms. The molecule has 100 valence electrons. The molecule has 0 saturated heterocycles. The molecule has 0 unspecified atom stereocenters. The number of rotatable bonds is 1. The van der Waals surface area contributed by atoms with Gasteiger partial charge in [0.15, 0.2) is 0 Å². The normalized spacial score (nSPS) is 21.2.